The molecular weight excluding hydrogens is 528 g/mol. The fourth-order valence-corrected chi connectivity index (χ4v) is 8.47. The number of thiophene rings is 2. The molecule has 3 aromatic heterocycles. The second kappa shape index (κ2) is 11.1. The number of carbonyl (C=O) groups excluding carboxylic acids is 2. The van der Waals surface area contributed by atoms with E-state index in [1.54, 1.807) is 0 Å². The van der Waals surface area contributed by atoms with Crippen molar-refractivity contribution in [1.82, 2.24) is 14.8 Å². The van der Waals surface area contributed by atoms with Gasteiger partial charge in [0.1, 0.15) is 15.6 Å². The fraction of sp³-hybridized carbons (Fsp3) is 0.533. The van der Waals surface area contributed by atoms with Crippen LogP contribution in [-0.2, 0) is 30.7 Å². The number of amides is 2. The van der Waals surface area contributed by atoms with Crippen molar-refractivity contribution in [3.63, 3.8) is 0 Å². The smallest absolute Gasteiger partial charge is 0.341 e. The standard InChI is InChI=1S/C30H40N4O3S2/c1-7-33-13-10-20-22(27(38-23(20)17-33)34-11-8-9-12-34)16-31-29(36)32-26-24(28(35)37-30(4,5)6)21-15-18(2)14-19(3)25(21)39-26/h8-9,11-12,18-19H,7,10,13-17H2,1-6H3,(H2,31,32,36). The van der Waals surface area contributed by atoms with Crippen molar-refractivity contribution in [3.8, 4) is 5.00 Å². The van der Waals surface area contributed by atoms with Gasteiger partial charge in [0.05, 0.1) is 5.56 Å². The molecule has 39 heavy (non-hydrogen) atoms. The van der Waals surface area contributed by atoms with Gasteiger partial charge >= 0.3 is 12.0 Å². The van der Waals surface area contributed by atoms with E-state index < -0.39 is 5.60 Å². The third-order valence-electron chi connectivity index (χ3n) is 7.56. The van der Waals surface area contributed by atoms with Crippen LogP contribution in [0.4, 0.5) is 9.80 Å². The van der Waals surface area contributed by atoms with E-state index in [-0.39, 0.29) is 12.0 Å². The zero-order chi connectivity index (χ0) is 27.9. The third kappa shape index (κ3) is 5.95. The van der Waals surface area contributed by atoms with Gasteiger partial charge in [0, 0.05) is 47.3 Å². The van der Waals surface area contributed by atoms with E-state index >= 15 is 0 Å². The average molecular weight is 569 g/mol. The van der Waals surface area contributed by atoms with Gasteiger partial charge in [0.25, 0.3) is 0 Å². The van der Waals surface area contributed by atoms with Gasteiger partial charge in [-0.1, -0.05) is 20.8 Å². The zero-order valence-electron chi connectivity index (χ0n) is 23.8. The first kappa shape index (κ1) is 27.9. The molecule has 2 atom stereocenters. The summed E-state index contributed by atoms with van der Waals surface area (Å²) >= 11 is 3.34. The van der Waals surface area contributed by atoms with Gasteiger partial charge < -0.3 is 14.6 Å². The van der Waals surface area contributed by atoms with Crippen molar-refractivity contribution in [1.29, 1.82) is 0 Å². The number of carbonyl (C=O) groups is 2. The Morgan fingerprint density at radius 3 is 2.56 bits per heavy atom. The summed E-state index contributed by atoms with van der Waals surface area (Å²) in [6.45, 7) is 15.7. The Hall–Kier alpha value is -2.62. The number of urea groups is 1. The summed E-state index contributed by atoms with van der Waals surface area (Å²) in [5.74, 6) is 0.460. The van der Waals surface area contributed by atoms with Crippen LogP contribution in [0, 0.1) is 5.92 Å². The van der Waals surface area contributed by atoms with Gasteiger partial charge in [0.15, 0.2) is 0 Å². The number of hydrogen-bond donors (Lipinski definition) is 2. The van der Waals surface area contributed by atoms with Crippen LogP contribution in [0.5, 0.6) is 0 Å². The lowest BCUT2D eigenvalue weighted by molar-refractivity contribution is 0.00697. The van der Waals surface area contributed by atoms with E-state index in [0.717, 1.165) is 49.5 Å². The number of ether oxygens (including phenoxy) is 1. The van der Waals surface area contributed by atoms with Gasteiger partial charge in [0.2, 0.25) is 0 Å². The molecule has 0 fully saturated rings. The molecule has 0 bridgehead atoms. The highest BCUT2D eigenvalue weighted by Crippen LogP contribution is 2.45. The quantitative estimate of drug-likeness (QED) is 0.316. The zero-order valence-corrected chi connectivity index (χ0v) is 25.5. The molecule has 2 unspecified atom stereocenters. The first-order valence-corrected chi connectivity index (χ1v) is 15.6. The molecule has 0 radical (unpaired) electrons. The molecule has 9 heteroatoms. The molecule has 0 aromatic carbocycles. The molecular formula is C30H40N4O3S2. The largest absolute Gasteiger partial charge is 0.456 e. The molecule has 3 aromatic rings. The third-order valence-corrected chi connectivity index (χ3v) is 10.2. The second-order valence-corrected chi connectivity index (χ2v) is 14.0. The maximum Gasteiger partial charge on any atom is 0.341 e. The molecule has 2 N–H and O–H groups in total. The highest BCUT2D eigenvalue weighted by molar-refractivity contribution is 7.17. The molecule has 2 amide bonds. The molecule has 0 saturated carbocycles. The SMILES string of the molecule is CCN1CCc2c(sc(-n3cccc3)c2CNC(=O)Nc2sc3c(c2C(=O)OC(C)(C)C)CC(C)CC3C)C1. The topological polar surface area (TPSA) is 75.6 Å². The van der Waals surface area contributed by atoms with Crippen molar-refractivity contribution >= 4 is 39.7 Å². The van der Waals surface area contributed by atoms with Crippen molar-refractivity contribution in [2.75, 3.05) is 18.4 Å². The van der Waals surface area contributed by atoms with Gasteiger partial charge in [-0.25, -0.2) is 9.59 Å². The Balaban J connectivity index is 1.39. The molecule has 7 nitrogen and oxygen atoms in total. The highest BCUT2D eigenvalue weighted by Gasteiger charge is 2.34. The molecule has 1 aliphatic carbocycles. The minimum absolute atomic E-state index is 0.302. The number of nitrogens with zero attached hydrogens (tertiary/aromatic N) is 2. The number of anilines is 1. The monoisotopic (exact) mass is 568 g/mol. The lowest BCUT2D eigenvalue weighted by atomic mass is 9.82. The number of aromatic nitrogens is 1. The number of hydrogen-bond acceptors (Lipinski definition) is 6. The minimum Gasteiger partial charge on any atom is -0.456 e. The summed E-state index contributed by atoms with van der Waals surface area (Å²) in [5.41, 5.74) is 3.49. The predicted octanol–water partition coefficient (Wildman–Crippen LogP) is 6.94. The fourth-order valence-electron chi connectivity index (χ4n) is 5.81. The van der Waals surface area contributed by atoms with Crippen molar-refractivity contribution in [3.05, 3.63) is 56.5 Å². The number of fused-ring (bicyclic) bond motifs is 2. The normalized spacial score (nSPS) is 19.3. The molecule has 1 aliphatic heterocycles. The minimum atomic E-state index is -0.613. The van der Waals surface area contributed by atoms with Crippen LogP contribution in [0.1, 0.15) is 90.7 Å². The van der Waals surface area contributed by atoms with Crippen LogP contribution in [0.15, 0.2) is 24.5 Å². The van der Waals surface area contributed by atoms with Crippen LogP contribution in [-0.4, -0.2) is 40.2 Å². The predicted molar refractivity (Wildman–Crippen MR) is 160 cm³/mol. The van der Waals surface area contributed by atoms with Gasteiger partial charge in [-0.05, 0) is 81.7 Å². The molecule has 4 heterocycles. The Labute approximate surface area is 239 Å². The first-order valence-electron chi connectivity index (χ1n) is 14.0. The van der Waals surface area contributed by atoms with Crippen molar-refractivity contribution in [2.24, 2.45) is 5.92 Å². The van der Waals surface area contributed by atoms with Gasteiger partial charge in [-0.15, -0.1) is 22.7 Å². The summed E-state index contributed by atoms with van der Waals surface area (Å²) in [4.78, 5) is 31.7. The number of rotatable bonds is 6. The molecule has 5 rings (SSSR count). The van der Waals surface area contributed by atoms with E-state index in [1.807, 2.05) is 44.2 Å². The van der Waals surface area contributed by atoms with E-state index in [1.165, 1.54) is 32.2 Å². The van der Waals surface area contributed by atoms with Crippen LogP contribution < -0.4 is 10.6 Å². The van der Waals surface area contributed by atoms with Crippen LogP contribution in [0.2, 0.25) is 0 Å². The summed E-state index contributed by atoms with van der Waals surface area (Å²) < 4.78 is 7.93. The van der Waals surface area contributed by atoms with Crippen molar-refractivity contribution < 1.29 is 14.3 Å². The maximum absolute atomic E-state index is 13.3. The Kier molecular flexibility index (Phi) is 7.95. The van der Waals surface area contributed by atoms with Crippen LogP contribution >= 0.6 is 22.7 Å². The summed E-state index contributed by atoms with van der Waals surface area (Å²) in [6, 6.07) is 3.75. The van der Waals surface area contributed by atoms with Crippen molar-refractivity contribution in [2.45, 2.75) is 85.4 Å². The maximum atomic E-state index is 13.3. The van der Waals surface area contributed by atoms with E-state index in [0.29, 0.717) is 28.9 Å². The lowest BCUT2D eigenvalue weighted by Gasteiger charge is -2.25. The number of esters is 1. The Bertz CT molecular complexity index is 1350. The lowest BCUT2D eigenvalue weighted by Crippen LogP contribution is -2.32. The number of likely N-dealkylation sites (N-methyl/N-ethyl adjacent to an activating group) is 1. The average Bonchev–Trinajstić information content (AvgIpc) is 3.58. The summed E-state index contributed by atoms with van der Waals surface area (Å²) in [5, 5.41) is 7.90. The molecule has 210 valence electrons. The van der Waals surface area contributed by atoms with E-state index in [9.17, 15) is 9.59 Å². The Morgan fingerprint density at radius 2 is 1.87 bits per heavy atom. The van der Waals surface area contributed by atoms with E-state index in [4.69, 9.17) is 4.74 Å². The summed E-state index contributed by atoms with van der Waals surface area (Å²) in [6.07, 6.45) is 7.00. The molecule has 0 saturated heterocycles. The first-order chi connectivity index (χ1) is 18.5. The highest BCUT2D eigenvalue weighted by atomic mass is 32.1. The number of nitrogens with one attached hydrogen (secondary N) is 2. The molecule has 0 spiro atoms. The van der Waals surface area contributed by atoms with Gasteiger partial charge in [-0.3, -0.25) is 10.2 Å². The molecule has 2 aliphatic rings. The summed E-state index contributed by atoms with van der Waals surface area (Å²) in [7, 11) is 0. The van der Waals surface area contributed by atoms with Gasteiger partial charge in [-0.2, -0.15) is 0 Å². The van der Waals surface area contributed by atoms with E-state index in [2.05, 4.69) is 53.3 Å². The van der Waals surface area contributed by atoms with Crippen LogP contribution in [0.25, 0.3) is 5.00 Å². The second-order valence-electron chi connectivity index (χ2n) is 11.9. The Morgan fingerprint density at radius 1 is 1.13 bits per heavy atom. The van der Waals surface area contributed by atoms with Crippen LogP contribution in [0.3, 0.4) is 0 Å².